The van der Waals surface area contributed by atoms with E-state index in [1.807, 2.05) is 16.8 Å². The zero-order valence-corrected chi connectivity index (χ0v) is 11.4. The van der Waals surface area contributed by atoms with E-state index in [0.29, 0.717) is 11.8 Å². The predicted octanol–water partition coefficient (Wildman–Crippen LogP) is 2.15. The second-order valence-electron chi connectivity index (χ2n) is 5.25. The molecule has 0 aliphatic carbocycles. The van der Waals surface area contributed by atoms with Crippen LogP contribution in [0.5, 0.6) is 0 Å². The third-order valence-electron chi connectivity index (χ3n) is 4.18. The van der Waals surface area contributed by atoms with Crippen LogP contribution in [0, 0.1) is 0 Å². The van der Waals surface area contributed by atoms with Gasteiger partial charge in [-0.25, -0.2) is 0 Å². The summed E-state index contributed by atoms with van der Waals surface area (Å²) in [6.07, 6.45) is 4.59. The van der Waals surface area contributed by atoms with Crippen molar-refractivity contribution in [2.24, 2.45) is 0 Å². The highest BCUT2D eigenvalue weighted by Gasteiger charge is 2.35. The van der Waals surface area contributed by atoms with Crippen LogP contribution in [0.2, 0.25) is 0 Å². The van der Waals surface area contributed by atoms with E-state index in [1.54, 1.807) is 11.3 Å². The molecule has 0 aromatic carbocycles. The molecular weight excluding hydrogens is 244 g/mol. The first-order chi connectivity index (χ1) is 8.86. The monoisotopic (exact) mass is 264 g/mol. The Morgan fingerprint density at radius 2 is 2.17 bits per heavy atom. The van der Waals surface area contributed by atoms with Crippen molar-refractivity contribution in [2.45, 2.75) is 37.8 Å². The van der Waals surface area contributed by atoms with E-state index in [4.69, 9.17) is 0 Å². The van der Waals surface area contributed by atoms with Crippen molar-refractivity contribution < 1.29 is 4.79 Å². The smallest absolute Gasteiger partial charge is 0.180 e. The summed E-state index contributed by atoms with van der Waals surface area (Å²) in [5.74, 6) is 0.340. The van der Waals surface area contributed by atoms with Gasteiger partial charge in [0.1, 0.15) is 0 Å². The first-order valence-corrected chi connectivity index (χ1v) is 7.83. The number of rotatable bonds is 3. The second kappa shape index (κ2) is 5.51. The maximum absolute atomic E-state index is 12.5. The molecule has 1 N–H and O–H groups in total. The average Bonchev–Trinajstić information content (AvgIpc) is 3.10. The number of nitrogens with one attached hydrogen (secondary N) is 1. The predicted molar refractivity (Wildman–Crippen MR) is 74.3 cm³/mol. The van der Waals surface area contributed by atoms with Gasteiger partial charge in [0.2, 0.25) is 0 Å². The first-order valence-electron chi connectivity index (χ1n) is 6.89. The van der Waals surface area contributed by atoms with Gasteiger partial charge in [-0.05, 0) is 56.8 Å². The molecule has 3 rings (SSSR count). The van der Waals surface area contributed by atoms with E-state index in [0.717, 1.165) is 31.6 Å². The zero-order chi connectivity index (χ0) is 12.4. The number of hydrogen-bond donors (Lipinski definition) is 1. The fourth-order valence-electron chi connectivity index (χ4n) is 3.24. The van der Waals surface area contributed by atoms with E-state index in [1.165, 1.54) is 19.3 Å². The summed E-state index contributed by atoms with van der Waals surface area (Å²) in [6.45, 7) is 3.30. The number of carbonyl (C=O) groups is 1. The Morgan fingerprint density at radius 1 is 1.33 bits per heavy atom. The summed E-state index contributed by atoms with van der Waals surface area (Å²) in [4.78, 5) is 15.0. The fourth-order valence-corrected chi connectivity index (χ4v) is 3.89. The molecule has 2 aliphatic heterocycles. The van der Waals surface area contributed by atoms with Gasteiger partial charge in [0.15, 0.2) is 5.78 Å². The minimum Gasteiger partial charge on any atom is -0.317 e. The number of carbonyl (C=O) groups excluding carboxylic acids is 1. The van der Waals surface area contributed by atoms with Crippen molar-refractivity contribution in [1.29, 1.82) is 0 Å². The number of likely N-dealkylation sites (tertiary alicyclic amines) is 1. The van der Waals surface area contributed by atoms with Gasteiger partial charge in [-0.2, -0.15) is 11.3 Å². The van der Waals surface area contributed by atoms with Crippen molar-refractivity contribution in [1.82, 2.24) is 10.2 Å². The SMILES string of the molecule is O=C(c1ccsc1)C1CCCN1C1CCNCC1. The Bertz CT molecular complexity index is 398. The molecule has 3 heterocycles. The number of piperidine rings is 1. The molecule has 0 bridgehead atoms. The quantitative estimate of drug-likeness (QED) is 0.849. The third kappa shape index (κ3) is 2.37. The van der Waals surface area contributed by atoms with Gasteiger partial charge in [0.25, 0.3) is 0 Å². The highest BCUT2D eigenvalue weighted by molar-refractivity contribution is 7.08. The Kier molecular flexibility index (Phi) is 3.77. The summed E-state index contributed by atoms with van der Waals surface area (Å²) in [7, 11) is 0. The van der Waals surface area contributed by atoms with Crippen LogP contribution in [0.15, 0.2) is 16.8 Å². The molecule has 0 saturated carbocycles. The van der Waals surface area contributed by atoms with Crippen LogP contribution in [-0.2, 0) is 0 Å². The molecule has 3 nitrogen and oxygen atoms in total. The Hall–Kier alpha value is -0.710. The van der Waals surface area contributed by atoms with Crippen LogP contribution in [0.25, 0.3) is 0 Å². The lowest BCUT2D eigenvalue weighted by Gasteiger charge is -2.35. The molecule has 0 spiro atoms. The molecule has 18 heavy (non-hydrogen) atoms. The Morgan fingerprint density at radius 3 is 2.89 bits per heavy atom. The summed E-state index contributed by atoms with van der Waals surface area (Å²) in [5.41, 5.74) is 0.908. The van der Waals surface area contributed by atoms with Crippen molar-refractivity contribution >= 4 is 17.1 Å². The summed E-state index contributed by atoms with van der Waals surface area (Å²) >= 11 is 1.61. The van der Waals surface area contributed by atoms with E-state index >= 15 is 0 Å². The highest BCUT2D eigenvalue weighted by Crippen LogP contribution is 2.27. The molecule has 2 aliphatic rings. The van der Waals surface area contributed by atoms with E-state index in [9.17, 15) is 4.79 Å². The minimum atomic E-state index is 0.141. The van der Waals surface area contributed by atoms with Crippen molar-refractivity contribution in [2.75, 3.05) is 19.6 Å². The lowest BCUT2D eigenvalue weighted by Crippen LogP contribution is -2.47. The molecule has 1 aromatic heterocycles. The van der Waals surface area contributed by atoms with E-state index in [-0.39, 0.29) is 6.04 Å². The van der Waals surface area contributed by atoms with E-state index < -0.39 is 0 Å². The molecule has 0 radical (unpaired) electrons. The molecule has 1 aromatic rings. The topological polar surface area (TPSA) is 32.3 Å². The van der Waals surface area contributed by atoms with Gasteiger partial charge in [-0.3, -0.25) is 9.69 Å². The molecule has 4 heteroatoms. The molecular formula is C14H20N2OS. The molecule has 1 atom stereocenters. The van der Waals surface area contributed by atoms with Gasteiger partial charge in [0.05, 0.1) is 6.04 Å². The minimum absolute atomic E-state index is 0.141. The van der Waals surface area contributed by atoms with Crippen LogP contribution >= 0.6 is 11.3 Å². The number of hydrogen-bond acceptors (Lipinski definition) is 4. The molecule has 98 valence electrons. The lowest BCUT2D eigenvalue weighted by atomic mass is 10.00. The maximum atomic E-state index is 12.5. The van der Waals surface area contributed by atoms with Crippen LogP contribution in [0.1, 0.15) is 36.0 Å². The van der Waals surface area contributed by atoms with Crippen LogP contribution in [0.4, 0.5) is 0 Å². The van der Waals surface area contributed by atoms with Crippen molar-refractivity contribution in [3.63, 3.8) is 0 Å². The molecule has 2 fully saturated rings. The molecule has 1 unspecified atom stereocenters. The number of nitrogens with zero attached hydrogens (tertiary/aromatic N) is 1. The van der Waals surface area contributed by atoms with Gasteiger partial charge >= 0.3 is 0 Å². The average molecular weight is 264 g/mol. The van der Waals surface area contributed by atoms with Gasteiger partial charge in [-0.1, -0.05) is 0 Å². The molecule has 0 amide bonds. The third-order valence-corrected chi connectivity index (χ3v) is 4.86. The number of ketones is 1. The second-order valence-corrected chi connectivity index (χ2v) is 6.03. The lowest BCUT2D eigenvalue weighted by molar-refractivity contribution is 0.0784. The van der Waals surface area contributed by atoms with Crippen LogP contribution < -0.4 is 5.32 Å². The van der Waals surface area contributed by atoms with Crippen molar-refractivity contribution in [3.8, 4) is 0 Å². The molecule has 2 saturated heterocycles. The number of thiophene rings is 1. The normalized spacial score (nSPS) is 26.6. The van der Waals surface area contributed by atoms with E-state index in [2.05, 4.69) is 10.2 Å². The van der Waals surface area contributed by atoms with Crippen LogP contribution in [-0.4, -0.2) is 42.4 Å². The largest absolute Gasteiger partial charge is 0.317 e. The summed E-state index contributed by atoms with van der Waals surface area (Å²) < 4.78 is 0. The summed E-state index contributed by atoms with van der Waals surface area (Å²) in [6, 6.07) is 2.72. The van der Waals surface area contributed by atoms with Gasteiger partial charge < -0.3 is 5.32 Å². The standard InChI is InChI=1S/C14H20N2OS/c17-14(11-5-9-18-10-11)13-2-1-8-16(13)12-3-6-15-7-4-12/h5,9-10,12-13,15H,1-4,6-8H2. The van der Waals surface area contributed by atoms with Gasteiger partial charge in [0, 0.05) is 17.0 Å². The van der Waals surface area contributed by atoms with Gasteiger partial charge in [-0.15, -0.1) is 0 Å². The summed E-state index contributed by atoms with van der Waals surface area (Å²) in [5, 5.41) is 7.38. The maximum Gasteiger partial charge on any atom is 0.180 e. The first kappa shape index (κ1) is 12.3. The highest BCUT2D eigenvalue weighted by atomic mass is 32.1. The van der Waals surface area contributed by atoms with Crippen molar-refractivity contribution in [3.05, 3.63) is 22.4 Å². The fraction of sp³-hybridized carbons (Fsp3) is 0.643. The Labute approximate surface area is 112 Å². The number of Topliss-reactive ketones (excluding diaryl/α,β-unsaturated/α-hetero) is 1. The van der Waals surface area contributed by atoms with Crippen LogP contribution in [0.3, 0.4) is 0 Å². The Balaban J connectivity index is 1.72. The zero-order valence-electron chi connectivity index (χ0n) is 10.6.